The Labute approximate surface area is 61.3 Å². The van der Waals surface area contributed by atoms with Crippen LogP contribution in [0.15, 0.2) is 18.2 Å². The predicted octanol–water partition coefficient (Wildman–Crippen LogP) is 1.43. The van der Waals surface area contributed by atoms with E-state index in [-0.39, 0.29) is 0 Å². The van der Waals surface area contributed by atoms with Crippen LogP contribution in [0.2, 0.25) is 0 Å². The molecule has 1 aliphatic heterocycles. The van der Waals surface area contributed by atoms with Crippen LogP contribution < -0.4 is 0 Å². The Balaban J connectivity index is 2.42. The highest BCUT2D eigenvalue weighted by molar-refractivity contribution is 5.29. The molecule has 0 aromatic heterocycles. The largest absolute Gasteiger partial charge is 0.298 e. The van der Waals surface area contributed by atoms with E-state index in [1.807, 2.05) is 6.07 Å². The van der Waals surface area contributed by atoms with Crippen molar-refractivity contribution in [2.75, 3.05) is 7.05 Å². The summed E-state index contributed by atoms with van der Waals surface area (Å²) >= 11 is 0. The van der Waals surface area contributed by atoms with Gasteiger partial charge in [-0.2, -0.15) is 0 Å². The van der Waals surface area contributed by atoms with Gasteiger partial charge in [0, 0.05) is 13.1 Å². The molecular weight excluding hydrogens is 122 g/mol. The fourth-order valence-corrected chi connectivity index (χ4v) is 1.44. The van der Waals surface area contributed by atoms with Crippen molar-refractivity contribution >= 4 is 0 Å². The quantitative estimate of drug-likeness (QED) is 0.516. The summed E-state index contributed by atoms with van der Waals surface area (Å²) in [6.07, 6.45) is 0. The Morgan fingerprint density at radius 1 is 1.40 bits per heavy atom. The molecule has 0 amide bonds. The van der Waals surface area contributed by atoms with Gasteiger partial charge in [0.2, 0.25) is 0 Å². The van der Waals surface area contributed by atoms with Crippen LogP contribution in [0, 0.1) is 6.07 Å². The first-order valence-corrected chi connectivity index (χ1v) is 3.52. The lowest BCUT2D eigenvalue weighted by Gasteiger charge is -2.02. The highest BCUT2D eigenvalue weighted by Gasteiger charge is 2.13. The molecule has 0 fully saturated rings. The monoisotopic (exact) mass is 132 g/mol. The van der Waals surface area contributed by atoms with E-state index in [0.29, 0.717) is 0 Å². The molecular formula is C9H10N. The Kier molecular flexibility index (Phi) is 1.24. The number of rotatable bonds is 0. The number of benzene rings is 1. The van der Waals surface area contributed by atoms with Crippen LogP contribution in [-0.2, 0) is 13.1 Å². The van der Waals surface area contributed by atoms with Crippen LogP contribution in [-0.4, -0.2) is 11.9 Å². The van der Waals surface area contributed by atoms with E-state index in [1.54, 1.807) is 0 Å². The molecule has 1 aromatic rings. The fraction of sp³-hybridized carbons (Fsp3) is 0.333. The van der Waals surface area contributed by atoms with E-state index in [9.17, 15) is 0 Å². The van der Waals surface area contributed by atoms with Crippen molar-refractivity contribution in [2.45, 2.75) is 13.1 Å². The van der Waals surface area contributed by atoms with Gasteiger partial charge in [0.15, 0.2) is 0 Å². The Morgan fingerprint density at radius 3 is 3.00 bits per heavy atom. The van der Waals surface area contributed by atoms with Gasteiger partial charge in [0.1, 0.15) is 0 Å². The first kappa shape index (κ1) is 5.93. The maximum atomic E-state index is 3.09. The minimum absolute atomic E-state index is 1.09. The van der Waals surface area contributed by atoms with Crippen LogP contribution in [0.1, 0.15) is 11.1 Å². The normalized spacial score (nSPS) is 17.3. The van der Waals surface area contributed by atoms with Crippen molar-refractivity contribution in [2.24, 2.45) is 0 Å². The summed E-state index contributed by atoms with van der Waals surface area (Å²) in [7, 11) is 2.14. The van der Waals surface area contributed by atoms with Gasteiger partial charge < -0.3 is 0 Å². The lowest BCUT2D eigenvalue weighted by molar-refractivity contribution is 0.353. The summed E-state index contributed by atoms with van der Waals surface area (Å²) in [4.78, 5) is 2.30. The second-order valence-electron chi connectivity index (χ2n) is 2.87. The van der Waals surface area contributed by atoms with Crippen molar-refractivity contribution in [3.8, 4) is 0 Å². The second kappa shape index (κ2) is 2.10. The molecule has 0 atom stereocenters. The number of hydrogen-bond donors (Lipinski definition) is 0. The van der Waals surface area contributed by atoms with E-state index < -0.39 is 0 Å². The lowest BCUT2D eigenvalue weighted by atomic mass is 10.1. The average molecular weight is 132 g/mol. The molecule has 0 spiro atoms. The maximum Gasteiger partial charge on any atom is 0.0237 e. The number of nitrogens with zero attached hydrogens (tertiary/aromatic N) is 1. The predicted molar refractivity (Wildman–Crippen MR) is 40.4 cm³/mol. The lowest BCUT2D eigenvalue weighted by Crippen LogP contribution is -2.07. The Bertz CT molecular complexity index is 217. The minimum atomic E-state index is 1.09. The molecule has 0 unspecified atom stereocenters. The number of fused-ring (bicyclic) bond motifs is 1. The van der Waals surface area contributed by atoms with E-state index >= 15 is 0 Å². The molecule has 2 rings (SSSR count). The molecule has 0 aliphatic carbocycles. The van der Waals surface area contributed by atoms with Crippen LogP contribution in [0.4, 0.5) is 0 Å². The summed E-state index contributed by atoms with van der Waals surface area (Å²) < 4.78 is 0. The van der Waals surface area contributed by atoms with E-state index in [2.05, 4.69) is 30.1 Å². The standard InChI is InChI=1S/C9H10N/c1-10-6-8-4-2-3-5-9(8)7-10/h2,4-5H,6-7H2,1H3. The molecule has 1 heterocycles. The molecule has 1 heteroatoms. The summed E-state index contributed by atoms with van der Waals surface area (Å²) in [6, 6.07) is 9.30. The minimum Gasteiger partial charge on any atom is -0.298 e. The Morgan fingerprint density at radius 2 is 2.20 bits per heavy atom. The van der Waals surface area contributed by atoms with Crippen molar-refractivity contribution < 1.29 is 0 Å². The summed E-state index contributed by atoms with van der Waals surface area (Å²) in [5.74, 6) is 0. The maximum absolute atomic E-state index is 3.09. The van der Waals surface area contributed by atoms with Gasteiger partial charge >= 0.3 is 0 Å². The summed E-state index contributed by atoms with van der Waals surface area (Å²) in [6.45, 7) is 2.19. The van der Waals surface area contributed by atoms with Crippen molar-refractivity contribution in [1.82, 2.24) is 4.90 Å². The van der Waals surface area contributed by atoms with E-state index in [4.69, 9.17) is 0 Å². The average Bonchev–Trinajstić information content (AvgIpc) is 2.27. The topological polar surface area (TPSA) is 3.24 Å². The zero-order valence-electron chi connectivity index (χ0n) is 6.09. The molecule has 0 saturated heterocycles. The SMILES string of the molecule is CN1Cc2c[c]ccc2C1. The van der Waals surface area contributed by atoms with Gasteiger partial charge in [-0.05, 0) is 30.3 Å². The smallest absolute Gasteiger partial charge is 0.0237 e. The highest BCUT2D eigenvalue weighted by Crippen LogP contribution is 2.19. The van der Waals surface area contributed by atoms with Crippen molar-refractivity contribution in [3.63, 3.8) is 0 Å². The second-order valence-corrected chi connectivity index (χ2v) is 2.87. The van der Waals surface area contributed by atoms with Gasteiger partial charge in [-0.15, -0.1) is 0 Å². The molecule has 0 bridgehead atoms. The van der Waals surface area contributed by atoms with Crippen LogP contribution in [0.25, 0.3) is 0 Å². The van der Waals surface area contributed by atoms with E-state index in [0.717, 1.165) is 13.1 Å². The third-order valence-electron chi connectivity index (χ3n) is 1.93. The highest BCUT2D eigenvalue weighted by atomic mass is 15.1. The number of hydrogen-bond acceptors (Lipinski definition) is 1. The zero-order valence-corrected chi connectivity index (χ0v) is 6.09. The summed E-state index contributed by atoms with van der Waals surface area (Å²) in [5.41, 5.74) is 2.89. The third kappa shape index (κ3) is 0.830. The molecule has 1 radical (unpaired) electrons. The van der Waals surface area contributed by atoms with Crippen molar-refractivity contribution in [1.29, 1.82) is 0 Å². The zero-order chi connectivity index (χ0) is 6.97. The Hall–Kier alpha value is -0.820. The molecule has 1 aromatic carbocycles. The molecule has 51 valence electrons. The van der Waals surface area contributed by atoms with Crippen LogP contribution >= 0.6 is 0 Å². The van der Waals surface area contributed by atoms with Gasteiger partial charge in [-0.1, -0.05) is 12.1 Å². The fourth-order valence-electron chi connectivity index (χ4n) is 1.44. The first-order chi connectivity index (χ1) is 4.86. The van der Waals surface area contributed by atoms with Crippen LogP contribution in [0.5, 0.6) is 0 Å². The molecule has 1 nitrogen and oxygen atoms in total. The van der Waals surface area contributed by atoms with Gasteiger partial charge in [0.25, 0.3) is 0 Å². The van der Waals surface area contributed by atoms with Gasteiger partial charge in [0.05, 0.1) is 0 Å². The summed E-state index contributed by atoms with van der Waals surface area (Å²) in [5, 5.41) is 0. The first-order valence-electron chi connectivity index (χ1n) is 3.52. The van der Waals surface area contributed by atoms with Crippen molar-refractivity contribution in [3.05, 3.63) is 35.4 Å². The van der Waals surface area contributed by atoms with Crippen LogP contribution in [0.3, 0.4) is 0 Å². The molecule has 0 saturated carbocycles. The van der Waals surface area contributed by atoms with Gasteiger partial charge in [-0.25, -0.2) is 0 Å². The molecule has 10 heavy (non-hydrogen) atoms. The van der Waals surface area contributed by atoms with Gasteiger partial charge in [-0.3, -0.25) is 4.90 Å². The third-order valence-corrected chi connectivity index (χ3v) is 1.93. The molecule has 0 N–H and O–H groups in total. The van der Waals surface area contributed by atoms with E-state index in [1.165, 1.54) is 11.1 Å². The molecule has 1 aliphatic rings.